The molecular formula is C11H20N4S. The van der Waals surface area contributed by atoms with E-state index >= 15 is 0 Å². The van der Waals surface area contributed by atoms with Gasteiger partial charge in [-0.1, -0.05) is 46.4 Å². The lowest BCUT2D eigenvalue weighted by Crippen LogP contribution is -2.44. The molecular weight excluding hydrogens is 220 g/mol. The number of hydrogen-bond acceptors (Lipinski definition) is 4. The average molecular weight is 240 g/mol. The Kier molecular flexibility index (Phi) is 2.90. The van der Waals surface area contributed by atoms with Crippen molar-refractivity contribution in [2.24, 2.45) is 5.41 Å². The van der Waals surface area contributed by atoms with Crippen LogP contribution in [0.15, 0.2) is 5.16 Å². The van der Waals surface area contributed by atoms with Crippen molar-refractivity contribution in [3.05, 3.63) is 5.82 Å². The van der Waals surface area contributed by atoms with E-state index in [1.807, 2.05) is 0 Å². The molecule has 4 nitrogen and oxygen atoms in total. The van der Waals surface area contributed by atoms with Crippen LogP contribution >= 0.6 is 11.8 Å². The first-order valence-corrected chi connectivity index (χ1v) is 6.73. The van der Waals surface area contributed by atoms with Gasteiger partial charge in [0.15, 0.2) is 5.82 Å². The minimum absolute atomic E-state index is 0.253. The number of nitrogens with one attached hydrogen (secondary N) is 1. The second-order valence-corrected chi connectivity index (χ2v) is 6.68. The molecule has 0 fully saturated rings. The number of aromatic nitrogens is 3. The minimum atomic E-state index is 0.253. The lowest BCUT2D eigenvalue weighted by Gasteiger charge is -2.35. The molecule has 1 aliphatic rings. The number of hydrogen-bond donors (Lipinski definition) is 1. The quantitative estimate of drug-likeness (QED) is 0.819. The summed E-state index contributed by atoms with van der Waals surface area (Å²) in [5.74, 6) is 2.48. The van der Waals surface area contributed by atoms with E-state index in [2.05, 4.69) is 54.9 Å². The van der Waals surface area contributed by atoms with Gasteiger partial charge < -0.3 is 5.43 Å². The van der Waals surface area contributed by atoms with Crippen molar-refractivity contribution in [2.45, 2.75) is 51.7 Å². The molecule has 1 N–H and O–H groups in total. The van der Waals surface area contributed by atoms with Crippen LogP contribution in [0.4, 0.5) is 0 Å². The number of thioether (sulfide) groups is 1. The number of nitrogens with zero attached hydrogens (tertiary/aromatic N) is 3. The largest absolute Gasteiger partial charge is 0.318 e. The molecule has 1 unspecified atom stereocenters. The van der Waals surface area contributed by atoms with E-state index in [-0.39, 0.29) is 5.41 Å². The van der Waals surface area contributed by atoms with Crippen LogP contribution < -0.4 is 5.43 Å². The van der Waals surface area contributed by atoms with Crippen LogP contribution in [0.25, 0.3) is 0 Å². The first kappa shape index (κ1) is 11.8. The SMILES string of the molecule is CC(C)c1nnc2n1NC(C(C)(C)C)CS2. The van der Waals surface area contributed by atoms with Gasteiger partial charge in [-0.25, -0.2) is 4.68 Å². The average Bonchev–Trinajstić information content (AvgIpc) is 2.58. The minimum Gasteiger partial charge on any atom is -0.318 e. The Morgan fingerprint density at radius 1 is 1.38 bits per heavy atom. The van der Waals surface area contributed by atoms with Crippen LogP contribution in [0.5, 0.6) is 0 Å². The normalized spacial score (nSPS) is 20.8. The fourth-order valence-electron chi connectivity index (χ4n) is 1.66. The van der Waals surface area contributed by atoms with Gasteiger partial charge in [-0.3, -0.25) is 0 Å². The van der Waals surface area contributed by atoms with Gasteiger partial charge in [-0.2, -0.15) is 0 Å². The van der Waals surface area contributed by atoms with Crippen LogP contribution in [0.3, 0.4) is 0 Å². The summed E-state index contributed by atoms with van der Waals surface area (Å²) in [5, 5.41) is 9.44. The van der Waals surface area contributed by atoms with Crippen molar-refractivity contribution < 1.29 is 0 Å². The molecule has 0 spiro atoms. The molecule has 1 atom stereocenters. The standard InChI is InChI=1S/C11H20N4S/c1-7(2)9-12-13-10-15(9)14-8(6-16-10)11(3,4)5/h7-8,14H,6H2,1-5H3. The zero-order valence-electron chi connectivity index (χ0n) is 10.6. The highest BCUT2D eigenvalue weighted by Crippen LogP contribution is 2.31. The van der Waals surface area contributed by atoms with Crippen molar-refractivity contribution in [1.29, 1.82) is 0 Å². The van der Waals surface area contributed by atoms with E-state index in [4.69, 9.17) is 0 Å². The zero-order chi connectivity index (χ0) is 11.9. The van der Waals surface area contributed by atoms with E-state index in [9.17, 15) is 0 Å². The van der Waals surface area contributed by atoms with E-state index in [1.165, 1.54) is 0 Å². The summed E-state index contributed by atoms with van der Waals surface area (Å²) in [7, 11) is 0. The Morgan fingerprint density at radius 2 is 2.06 bits per heavy atom. The van der Waals surface area contributed by atoms with Gasteiger partial charge in [-0.05, 0) is 5.41 Å². The maximum atomic E-state index is 4.24. The number of rotatable bonds is 1. The van der Waals surface area contributed by atoms with E-state index in [0.717, 1.165) is 16.7 Å². The summed E-state index contributed by atoms with van der Waals surface area (Å²) in [6.45, 7) is 11.1. The molecule has 0 amide bonds. The summed E-state index contributed by atoms with van der Waals surface area (Å²) in [6.07, 6.45) is 0. The first-order valence-electron chi connectivity index (χ1n) is 5.74. The smallest absolute Gasteiger partial charge is 0.210 e. The van der Waals surface area contributed by atoms with Crippen LogP contribution in [0, 0.1) is 5.41 Å². The Morgan fingerprint density at radius 3 is 2.62 bits per heavy atom. The number of fused-ring (bicyclic) bond motifs is 1. The Hall–Kier alpha value is -0.710. The van der Waals surface area contributed by atoms with Crippen molar-refractivity contribution in [3.63, 3.8) is 0 Å². The maximum Gasteiger partial charge on any atom is 0.210 e. The second-order valence-electron chi connectivity index (χ2n) is 5.69. The highest BCUT2D eigenvalue weighted by molar-refractivity contribution is 7.99. The van der Waals surface area contributed by atoms with Crippen molar-refractivity contribution in [1.82, 2.24) is 14.9 Å². The van der Waals surface area contributed by atoms with Crippen molar-refractivity contribution >= 4 is 11.8 Å². The molecule has 16 heavy (non-hydrogen) atoms. The Balaban J connectivity index is 2.28. The molecule has 90 valence electrons. The summed E-state index contributed by atoms with van der Waals surface area (Å²) in [5.41, 5.74) is 3.79. The van der Waals surface area contributed by atoms with Gasteiger partial charge in [0, 0.05) is 11.7 Å². The molecule has 0 aliphatic carbocycles. The molecule has 0 saturated heterocycles. The van der Waals surface area contributed by atoms with E-state index in [1.54, 1.807) is 11.8 Å². The third kappa shape index (κ3) is 2.05. The van der Waals surface area contributed by atoms with Gasteiger partial charge in [0.2, 0.25) is 5.16 Å². The summed E-state index contributed by atoms with van der Waals surface area (Å²) in [4.78, 5) is 0. The van der Waals surface area contributed by atoms with Crippen molar-refractivity contribution in [2.75, 3.05) is 11.2 Å². The zero-order valence-corrected chi connectivity index (χ0v) is 11.4. The van der Waals surface area contributed by atoms with Gasteiger partial charge in [0.05, 0.1) is 6.04 Å². The highest BCUT2D eigenvalue weighted by Gasteiger charge is 2.31. The molecule has 1 aromatic heterocycles. The third-order valence-corrected chi connectivity index (χ3v) is 3.91. The lowest BCUT2D eigenvalue weighted by atomic mass is 9.88. The van der Waals surface area contributed by atoms with Gasteiger partial charge in [0.25, 0.3) is 0 Å². The van der Waals surface area contributed by atoms with Crippen molar-refractivity contribution in [3.8, 4) is 0 Å². The molecule has 0 bridgehead atoms. The molecule has 0 saturated carbocycles. The molecule has 5 heteroatoms. The summed E-state index contributed by atoms with van der Waals surface area (Å²) >= 11 is 1.79. The molecule has 2 heterocycles. The molecule has 0 radical (unpaired) electrons. The monoisotopic (exact) mass is 240 g/mol. The fourth-order valence-corrected chi connectivity index (χ4v) is 2.93. The summed E-state index contributed by atoms with van der Waals surface area (Å²) < 4.78 is 2.06. The molecule has 1 aliphatic heterocycles. The van der Waals surface area contributed by atoms with Gasteiger partial charge in [0.1, 0.15) is 0 Å². The molecule has 0 aromatic carbocycles. The van der Waals surface area contributed by atoms with Crippen LogP contribution in [-0.4, -0.2) is 26.7 Å². The van der Waals surface area contributed by atoms with Gasteiger partial charge >= 0.3 is 0 Å². The predicted molar refractivity (Wildman–Crippen MR) is 67.4 cm³/mol. The highest BCUT2D eigenvalue weighted by atomic mass is 32.2. The van der Waals surface area contributed by atoms with Gasteiger partial charge in [-0.15, -0.1) is 10.2 Å². The van der Waals surface area contributed by atoms with Crippen LogP contribution in [0.2, 0.25) is 0 Å². The second kappa shape index (κ2) is 3.95. The summed E-state index contributed by atoms with van der Waals surface area (Å²) in [6, 6.07) is 0.457. The first-order chi connectivity index (χ1) is 7.39. The van der Waals surface area contributed by atoms with Crippen LogP contribution in [0.1, 0.15) is 46.4 Å². The Labute approximate surface area is 101 Å². The molecule has 1 aromatic rings. The molecule has 2 rings (SSSR count). The van der Waals surface area contributed by atoms with E-state index < -0.39 is 0 Å². The fraction of sp³-hybridized carbons (Fsp3) is 0.818. The van der Waals surface area contributed by atoms with Crippen LogP contribution in [-0.2, 0) is 0 Å². The lowest BCUT2D eigenvalue weighted by molar-refractivity contribution is 0.334. The Bertz CT molecular complexity index is 378. The van der Waals surface area contributed by atoms with E-state index in [0.29, 0.717) is 12.0 Å². The predicted octanol–water partition coefficient (Wildman–Crippen LogP) is 2.47. The topological polar surface area (TPSA) is 42.7 Å². The maximum absolute atomic E-state index is 4.24. The third-order valence-electron chi connectivity index (χ3n) is 2.88.